The van der Waals surface area contributed by atoms with Crippen LogP contribution in [0.15, 0.2) is 24.3 Å². The highest BCUT2D eigenvalue weighted by molar-refractivity contribution is 7.98. The molecular formula is C21H32N4O7S. The summed E-state index contributed by atoms with van der Waals surface area (Å²) in [5, 5.41) is 35.3. The summed E-state index contributed by atoms with van der Waals surface area (Å²) in [6, 6.07) is 1.67. The van der Waals surface area contributed by atoms with Gasteiger partial charge in [-0.3, -0.25) is 14.4 Å². The lowest BCUT2D eigenvalue weighted by atomic mass is 10.1. The number of carboxylic acid groups (broad SMARTS) is 1. The normalized spacial score (nSPS) is 15.4. The van der Waals surface area contributed by atoms with Gasteiger partial charge in [0.2, 0.25) is 17.7 Å². The molecule has 11 nitrogen and oxygen atoms in total. The molecule has 0 aliphatic carbocycles. The fraction of sp³-hybridized carbons (Fsp3) is 0.524. The van der Waals surface area contributed by atoms with Crippen LogP contribution in [0.5, 0.6) is 5.75 Å². The number of carbonyl (C=O) groups excluding carboxylic acids is 3. The number of carboxylic acids is 1. The van der Waals surface area contributed by atoms with Crippen molar-refractivity contribution in [2.75, 3.05) is 12.0 Å². The van der Waals surface area contributed by atoms with Gasteiger partial charge in [0.1, 0.15) is 17.8 Å². The maximum Gasteiger partial charge on any atom is 0.328 e. The first-order chi connectivity index (χ1) is 15.5. The first-order valence-corrected chi connectivity index (χ1v) is 11.7. The van der Waals surface area contributed by atoms with Gasteiger partial charge in [0, 0.05) is 0 Å². The number of aliphatic carboxylic acids is 1. The summed E-state index contributed by atoms with van der Waals surface area (Å²) in [6.45, 7) is 2.66. The van der Waals surface area contributed by atoms with Crippen molar-refractivity contribution >= 4 is 35.5 Å². The summed E-state index contributed by atoms with van der Waals surface area (Å²) in [5.74, 6) is -2.79. The van der Waals surface area contributed by atoms with E-state index in [2.05, 4.69) is 16.0 Å². The van der Waals surface area contributed by atoms with Crippen LogP contribution < -0.4 is 21.7 Å². The Bertz CT molecular complexity index is 819. The van der Waals surface area contributed by atoms with E-state index in [1.54, 1.807) is 12.1 Å². The smallest absolute Gasteiger partial charge is 0.328 e. The standard InChI is InChI=1S/C21H32N4O7S/c1-11(23-19(29)15(22)10-13-4-6-14(27)7-5-13)18(28)24-16(8-9-33-3)20(30)25-17(12(2)26)21(31)32/h4-7,11-12,15-17,26-27H,8-10,22H2,1-3H3,(H,23,29)(H,24,28)(H,25,30)(H,31,32). The number of hydrogen-bond acceptors (Lipinski definition) is 8. The second kappa shape index (κ2) is 13.7. The number of aliphatic hydroxyl groups is 1. The van der Waals surface area contributed by atoms with Gasteiger partial charge in [-0.1, -0.05) is 12.1 Å². The van der Waals surface area contributed by atoms with Crippen molar-refractivity contribution in [2.24, 2.45) is 5.73 Å². The van der Waals surface area contributed by atoms with Crippen LogP contribution in [0, 0.1) is 0 Å². The first-order valence-electron chi connectivity index (χ1n) is 10.3. The van der Waals surface area contributed by atoms with Crippen molar-refractivity contribution in [2.45, 2.75) is 57.0 Å². The fourth-order valence-electron chi connectivity index (χ4n) is 2.81. The molecule has 0 bridgehead atoms. The number of phenolic OH excluding ortho intramolecular Hbond substituents is 1. The van der Waals surface area contributed by atoms with Gasteiger partial charge in [-0.05, 0) is 56.4 Å². The van der Waals surface area contributed by atoms with E-state index in [1.807, 2.05) is 6.26 Å². The van der Waals surface area contributed by atoms with E-state index >= 15 is 0 Å². The molecule has 1 rings (SSSR count). The molecule has 1 aromatic carbocycles. The zero-order valence-electron chi connectivity index (χ0n) is 18.8. The Morgan fingerprint density at radius 2 is 1.61 bits per heavy atom. The zero-order chi connectivity index (χ0) is 25.1. The van der Waals surface area contributed by atoms with Gasteiger partial charge in [-0.25, -0.2) is 4.79 Å². The second-order valence-corrected chi connectivity index (χ2v) is 8.60. The highest BCUT2D eigenvalue weighted by Gasteiger charge is 2.30. The Morgan fingerprint density at radius 3 is 2.12 bits per heavy atom. The minimum atomic E-state index is -1.53. The largest absolute Gasteiger partial charge is 0.508 e. The van der Waals surface area contributed by atoms with Gasteiger partial charge in [0.05, 0.1) is 12.1 Å². The van der Waals surface area contributed by atoms with Crippen molar-refractivity contribution in [3.63, 3.8) is 0 Å². The average Bonchev–Trinajstić information content (AvgIpc) is 2.75. The molecule has 5 atom stereocenters. The summed E-state index contributed by atoms with van der Waals surface area (Å²) < 4.78 is 0. The average molecular weight is 485 g/mol. The highest BCUT2D eigenvalue weighted by Crippen LogP contribution is 2.11. The van der Waals surface area contributed by atoms with E-state index in [-0.39, 0.29) is 18.6 Å². The number of nitrogens with two attached hydrogens (primary N) is 1. The zero-order valence-corrected chi connectivity index (χ0v) is 19.6. The molecule has 12 heteroatoms. The summed E-state index contributed by atoms with van der Waals surface area (Å²) in [7, 11) is 0. The maximum absolute atomic E-state index is 12.6. The lowest BCUT2D eigenvalue weighted by Gasteiger charge is -2.24. The lowest BCUT2D eigenvalue weighted by Crippen LogP contribution is -2.57. The Hall–Kier alpha value is -2.83. The van der Waals surface area contributed by atoms with Crippen LogP contribution in [-0.4, -0.2) is 81.3 Å². The molecule has 0 aromatic heterocycles. The van der Waals surface area contributed by atoms with Crippen molar-refractivity contribution < 1.29 is 34.5 Å². The Morgan fingerprint density at radius 1 is 1.00 bits per heavy atom. The van der Waals surface area contributed by atoms with Crippen LogP contribution >= 0.6 is 11.8 Å². The molecule has 184 valence electrons. The van der Waals surface area contributed by atoms with E-state index in [1.165, 1.54) is 37.7 Å². The van der Waals surface area contributed by atoms with E-state index < -0.39 is 54.0 Å². The minimum absolute atomic E-state index is 0.0882. The number of hydrogen-bond donors (Lipinski definition) is 7. The van der Waals surface area contributed by atoms with Gasteiger partial charge in [-0.15, -0.1) is 0 Å². The number of aliphatic hydroxyl groups excluding tert-OH is 1. The topological polar surface area (TPSA) is 191 Å². The van der Waals surface area contributed by atoms with Gasteiger partial charge in [-0.2, -0.15) is 11.8 Å². The van der Waals surface area contributed by atoms with Crippen LogP contribution in [0.3, 0.4) is 0 Å². The maximum atomic E-state index is 12.6. The number of phenols is 1. The van der Waals surface area contributed by atoms with Crippen LogP contribution in [0.4, 0.5) is 0 Å². The number of nitrogens with one attached hydrogen (secondary N) is 3. The summed E-state index contributed by atoms with van der Waals surface area (Å²) in [6.07, 6.45) is 0.878. The quantitative estimate of drug-likeness (QED) is 0.183. The summed E-state index contributed by atoms with van der Waals surface area (Å²) in [4.78, 5) is 48.7. The lowest BCUT2D eigenvalue weighted by molar-refractivity contribution is -0.145. The molecule has 0 spiro atoms. The van der Waals surface area contributed by atoms with Crippen LogP contribution in [0.2, 0.25) is 0 Å². The molecule has 0 radical (unpaired) electrons. The molecule has 0 saturated heterocycles. The SMILES string of the molecule is CSCCC(NC(=O)C(C)NC(=O)C(N)Cc1ccc(O)cc1)C(=O)NC(C(=O)O)C(C)O. The van der Waals surface area contributed by atoms with E-state index in [0.29, 0.717) is 5.75 Å². The molecule has 0 heterocycles. The third-order valence-electron chi connectivity index (χ3n) is 4.77. The number of benzene rings is 1. The molecule has 0 saturated carbocycles. The molecule has 0 aliphatic heterocycles. The number of thioether (sulfide) groups is 1. The van der Waals surface area contributed by atoms with Gasteiger partial charge < -0.3 is 37.0 Å². The number of rotatable bonds is 13. The highest BCUT2D eigenvalue weighted by atomic mass is 32.2. The predicted octanol–water partition coefficient (Wildman–Crippen LogP) is -1.05. The molecule has 0 aliphatic rings. The Balaban J connectivity index is 2.72. The molecule has 3 amide bonds. The third-order valence-corrected chi connectivity index (χ3v) is 5.41. The third kappa shape index (κ3) is 9.68. The van der Waals surface area contributed by atoms with E-state index in [0.717, 1.165) is 5.56 Å². The predicted molar refractivity (Wildman–Crippen MR) is 124 cm³/mol. The number of aromatic hydroxyl groups is 1. The first kappa shape index (κ1) is 28.2. The van der Waals surface area contributed by atoms with Gasteiger partial charge >= 0.3 is 5.97 Å². The van der Waals surface area contributed by atoms with Gasteiger partial charge in [0.15, 0.2) is 6.04 Å². The van der Waals surface area contributed by atoms with Crippen molar-refractivity contribution in [3.8, 4) is 5.75 Å². The summed E-state index contributed by atoms with van der Waals surface area (Å²) in [5.41, 5.74) is 6.64. The Labute approximate surface area is 196 Å². The molecule has 5 unspecified atom stereocenters. The fourth-order valence-corrected chi connectivity index (χ4v) is 3.28. The number of amides is 3. The van der Waals surface area contributed by atoms with Crippen LogP contribution in [0.25, 0.3) is 0 Å². The minimum Gasteiger partial charge on any atom is -0.508 e. The molecular weight excluding hydrogens is 452 g/mol. The molecule has 0 fully saturated rings. The van der Waals surface area contributed by atoms with E-state index in [9.17, 15) is 29.4 Å². The van der Waals surface area contributed by atoms with Gasteiger partial charge in [0.25, 0.3) is 0 Å². The van der Waals surface area contributed by atoms with Crippen molar-refractivity contribution in [1.29, 1.82) is 0 Å². The molecule has 33 heavy (non-hydrogen) atoms. The summed E-state index contributed by atoms with van der Waals surface area (Å²) >= 11 is 1.43. The van der Waals surface area contributed by atoms with Crippen LogP contribution in [0.1, 0.15) is 25.8 Å². The monoisotopic (exact) mass is 484 g/mol. The van der Waals surface area contributed by atoms with Crippen molar-refractivity contribution in [3.05, 3.63) is 29.8 Å². The number of carbonyl (C=O) groups is 4. The van der Waals surface area contributed by atoms with Crippen LogP contribution in [-0.2, 0) is 25.6 Å². The molecule has 1 aromatic rings. The van der Waals surface area contributed by atoms with E-state index in [4.69, 9.17) is 10.8 Å². The second-order valence-electron chi connectivity index (χ2n) is 7.62. The molecule has 8 N–H and O–H groups in total. The Kier molecular flexibility index (Phi) is 11.7. The van der Waals surface area contributed by atoms with Crippen molar-refractivity contribution in [1.82, 2.24) is 16.0 Å².